The molecule has 0 atom stereocenters. The summed E-state index contributed by atoms with van der Waals surface area (Å²) in [7, 11) is 3.31. The third-order valence-electron chi connectivity index (χ3n) is 4.43. The Balaban J connectivity index is 1.74. The molecule has 1 aliphatic heterocycles. The minimum absolute atomic E-state index is 0.138. The number of fused-ring (bicyclic) bond motifs is 1. The summed E-state index contributed by atoms with van der Waals surface area (Å²) in [5.41, 5.74) is 2.95. The first-order valence-corrected chi connectivity index (χ1v) is 8.96. The molecule has 0 aliphatic carbocycles. The molecule has 0 aromatic heterocycles. The molecule has 0 bridgehead atoms. The van der Waals surface area contributed by atoms with Gasteiger partial charge in [-0.25, -0.2) is 0 Å². The van der Waals surface area contributed by atoms with Gasteiger partial charge < -0.3 is 15.0 Å². The number of carbonyl (C=O) groups excluding carboxylic acids is 3. The van der Waals surface area contributed by atoms with Crippen LogP contribution in [0.25, 0.3) is 0 Å². The Morgan fingerprint density at radius 3 is 2.68 bits per heavy atom. The highest BCUT2D eigenvalue weighted by atomic mass is 16.5. The number of anilines is 1. The van der Waals surface area contributed by atoms with Crippen LogP contribution in [0.3, 0.4) is 0 Å². The van der Waals surface area contributed by atoms with Crippen molar-refractivity contribution in [3.63, 3.8) is 0 Å². The summed E-state index contributed by atoms with van der Waals surface area (Å²) >= 11 is 0. The summed E-state index contributed by atoms with van der Waals surface area (Å²) in [6, 6.07) is 12.7. The molecule has 1 N–H and O–H groups in total. The Morgan fingerprint density at radius 2 is 1.96 bits per heavy atom. The highest BCUT2D eigenvalue weighted by Crippen LogP contribution is 2.33. The smallest absolute Gasteiger partial charge is 0.265 e. The normalized spacial score (nSPS) is 12.8. The SMILES string of the molecule is Cc1cccc(CNC(=O)CN2C(=O)COc3ccc(C(=O)N(C)C)cc32)c1. The van der Waals surface area contributed by atoms with Crippen molar-refractivity contribution in [3.8, 4) is 5.75 Å². The third-order valence-corrected chi connectivity index (χ3v) is 4.43. The van der Waals surface area contributed by atoms with Gasteiger partial charge in [0.05, 0.1) is 5.69 Å². The van der Waals surface area contributed by atoms with E-state index >= 15 is 0 Å². The van der Waals surface area contributed by atoms with Crippen molar-refractivity contribution in [1.82, 2.24) is 10.2 Å². The van der Waals surface area contributed by atoms with E-state index in [1.165, 1.54) is 9.80 Å². The number of benzene rings is 2. The maximum Gasteiger partial charge on any atom is 0.265 e. The van der Waals surface area contributed by atoms with Crippen LogP contribution in [0.15, 0.2) is 42.5 Å². The molecule has 146 valence electrons. The fraction of sp³-hybridized carbons (Fsp3) is 0.286. The molecule has 2 aromatic carbocycles. The van der Waals surface area contributed by atoms with Gasteiger partial charge in [-0.1, -0.05) is 29.8 Å². The molecule has 0 unspecified atom stereocenters. The topological polar surface area (TPSA) is 79.0 Å². The van der Waals surface area contributed by atoms with Gasteiger partial charge in [0.25, 0.3) is 11.8 Å². The molecule has 28 heavy (non-hydrogen) atoms. The van der Waals surface area contributed by atoms with Crippen LogP contribution in [-0.4, -0.2) is 49.9 Å². The summed E-state index contributed by atoms with van der Waals surface area (Å²) in [4.78, 5) is 39.8. The summed E-state index contributed by atoms with van der Waals surface area (Å²) in [5, 5.41) is 2.83. The van der Waals surface area contributed by atoms with E-state index in [0.29, 0.717) is 23.5 Å². The lowest BCUT2D eigenvalue weighted by Gasteiger charge is -2.29. The first kappa shape index (κ1) is 19.4. The average Bonchev–Trinajstić information content (AvgIpc) is 2.67. The summed E-state index contributed by atoms with van der Waals surface area (Å²) in [6.07, 6.45) is 0. The molecular weight excluding hydrogens is 358 g/mol. The van der Waals surface area contributed by atoms with E-state index in [0.717, 1.165) is 11.1 Å². The van der Waals surface area contributed by atoms with Crippen LogP contribution in [0, 0.1) is 6.92 Å². The molecule has 3 rings (SSSR count). The largest absolute Gasteiger partial charge is 0.482 e. The van der Waals surface area contributed by atoms with Gasteiger partial charge in [-0.15, -0.1) is 0 Å². The lowest BCUT2D eigenvalue weighted by Crippen LogP contribution is -2.45. The highest BCUT2D eigenvalue weighted by molar-refractivity contribution is 6.04. The number of carbonyl (C=O) groups is 3. The minimum Gasteiger partial charge on any atom is -0.482 e. The Bertz CT molecular complexity index is 924. The molecule has 3 amide bonds. The van der Waals surface area contributed by atoms with E-state index in [1.807, 2.05) is 31.2 Å². The predicted molar refractivity (Wildman–Crippen MR) is 105 cm³/mol. The van der Waals surface area contributed by atoms with Gasteiger partial charge in [0.15, 0.2) is 6.61 Å². The van der Waals surface area contributed by atoms with Crippen LogP contribution in [0.2, 0.25) is 0 Å². The summed E-state index contributed by atoms with van der Waals surface area (Å²) in [6.45, 7) is 2.09. The van der Waals surface area contributed by atoms with Crippen LogP contribution >= 0.6 is 0 Å². The zero-order chi connectivity index (χ0) is 20.3. The van der Waals surface area contributed by atoms with Crippen molar-refractivity contribution in [1.29, 1.82) is 0 Å². The van der Waals surface area contributed by atoms with Crippen LogP contribution in [0.5, 0.6) is 5.75 Å². The fourth-order valence-electron chi connectivity index (χ4n) is 2.99. The second-order valence-corrected chi connectivity index (χ2v) is 6.92. The van der Waals surface area contributed by atoms with Crippen molar-refractivity contribution < 1.29 is 19.1 Å². The Morgan fingerprint density at radius 1 is 1.18 bits per heavy atom. The number of amides is 3. The van der Waals surface area contributed by atoms with Gasteiger partial charge in [-0.2, -0.15) is 0 Å². The summed E-state index contributed by atoms with van der Waals surface area (Å²) < 4.78 is 5.44. The second kappa shape index (κ2) is 8.12. The molecule has 1 heterocycles. The molecule has 0 spiro atoms. The van der Waals surface area contributed by atoms with Gasteiger partial charge in [0.2, 0.25) is 5.91 Å². The fourth-order valence-corrected chi connectivity index (χ4v) is 2.99. The Hall–Kier alpha value is -3.35. The zero-order valence-electron chi connectivity index (χ0n) is 16.2. The molecule has 0 saturated carbocycles. The van der Waals surface area contributed by atoms with Gasteiger partial charge in [0, 0.05) is 26.2 Å². The minimum atomic E-state index is -0.326. The van der Waals surface area contributed by atoms with Crippen LogP contribution in [0.1, 0.15) is 21.5 Å². The Labute approximate surface area is 163 Å². The van der Waals surface area contributed by atoms with Crippen LogP contribution in [0.4, 0.5) is 5.69 Å². The number of hydrogen-bond donors (Lipinski definition) is 1. The summed E-state index contributed by atoms with van der Waals surface area (Å²) in [5.74, 6) is -0.328. The highest BCUT2D eigenvalue weighted by Gasteiger charge is 2.28. The molecule has 7 nitrogen and oxygen atoms in total. The van der Waals surface area contributed by atoms with Gasteiger partial charge in [0.1, 0.15) is 12.3 Å². The molecule has 1 aliphatic rings. The molecule has 7 heteroatoms. The quantitative estimate of drug-likeness (QED) is 0.856. The lowest BCUT2D eigenvalue weighted by molar-refractivity contribution is -0.125. The van der Waals surface area contributed by atoms with Crippen molar-refractivity contribution in [3.05, 3.63) is 59.2 Å². The molecule has 0 fully saturated rings. The zero-order valence-corrected chi connectivity index (χ0v) is 16.2. The molecule has 0 radical (unpaired) electrons. The first-order valence-electron chi connectivity index (χ1n) is 8.96. The van der Waals surface area contributed by atoms with Gasteiger partial charge in [-0.3, -0.25) is 19.3 Å². The van der Waals surface area contributed by atoms with Gasteiger partial charge >= 0.3 is 0 Å². The number of nitrogens with one attached hydrogen (secondary N) is 1. The van der Waals surface area contributed by atoms with E-state index in [1.54, 1.807) is 32.3 Å². The van der Waals surface area contributed by atoms with E-state index in [-0.39, 0.29) is 30.9 Å². The van der Waals surface area contributed by atoms with Crippen molar-refractivity contribution in [2.24, 2.45) is 0 Å². The van der Waals surface area contributed by atoms with Gasteiger partial charge in [-0.05, 0) is 30.7 Å². The van der Waals surface area contributed by atoms with E-state index in [4.69, 9.17) is 4.74 Å². The van der Waals surface area contributed by atoms with E-state index < -0.39 is 0 Å². The lowest BCUT2D eigenvalue weighted by atomic mass is 10.1. The predicted octanol–water partition coefficient (Wildman–Crippen LogP) is 1.74. The number of hydrogen-bond acceptors (Lipinski definition) is 4. The van der Waals surface area contributed by atoms with E-state index in [9.17, 15) is 14.4 Å². The first-order chi connectivity index (χ1) is 13.3. The number of ether oxygens (including phenoxy) is 1. The average molecular weight is 381 g/mol. The Kier molecular flexibility index (Phi) is 5.63. The molecule has 2 aromatic rings. The third kappa shape index (κ3) is 4.31. The second-order valence-electron chi connectivity index (χ2n) is 6.92. The van der Waals surface area contributed by atoms with Crippen LogP contribution in [-0.2, 0) is 16.1 Å². The number of rotatable bonds is 5. The number of nitrogens with zero attached hydrogens (tertiary/aromatic N) is 2. The number of aryl methyl sites for hydroxylation is 1. The maximum atomic E-state index is 12.4. The van der Waals surface area contributed by atoms with Crippen LogP contribution < -0.4 is 15.0 Å². The molecule has 0 saturated heterocycles. The van der Waals surface area contributed by atoms with E-state index in [2.05, 4.69) is 5.32 Å². The van der Waals surface area contributed by atoms with Crippen molar-refractivity contribution in [2.45, 2.75) is 13.5 Å². The van der Waals surface area contributed by atoms with Crippen molar-refractivity contribution >= 4 is 23.4 Å². The van der Waals surface area contributed by atoms with Crippen molar-refractivity contribution in [2.75, 3.05) is 32.1 Å². The molecular formula is C21H23N3O4. The monoisotopic (exact) mass is 381 g/mol. The standard InChI is InChI=1S/C21H23N3O4/c1-14-5-4-6-15(9-14)11-22-19(25)12-24-17-10-16(21(27)23(2)3)7-8-18(17)28-13-20(24)26/h4-10H,11-13H2,1-3H3,(H,22,25). The maximum absolute atomic E-state index is 12.4.